The number of fused-ring (bicyclic) bond motifs is 7. The molecule has 6 nitrogen and oxygen atoms in total. The van der Waals surface area contributed by atoms with Gasteiger partial charge in [0.25, 0.3) is 0 Å². The van der Waals surface area contributed by atoms with Crippen LogP contribution in [0.5, 0.6) is 0 Å². The van der Waals surface area contributed by atoms with Gasteiger partial charge in [0, 0.05) is 12.0 Å². The number of Topliss-reactive ketones (excluding diaryl/α,β-unsaturated/α-hetero) is 1. The van der Waals surface area contributed by atoms with Gasteiger partial charge in [-0.1, -0.05) is 6.92 Å². The molecule has 6 rings (SSSR count). The van der Waals surface area contributed by atoms with E-state index in [2.05, 4.69) is 18.1 Å². The molecule has 0 bridgehead atoms. The Kier molecular flexibility index (Phi) is 4.63. The summed E-state index contributed by atoms with van der Waals surface area (Å²) < 4.78 is 1.44. The van der Waals surface area contributed by atoms with Crippen LogP contribution in [0.3, 0.4) is 0 Å². The molecular weight excluding hydrogens is 412 g/mol. The molecule has 10 atom stereocenters. The van der Waals surface area contributed by atoms with Gasteiger partial charge in [-0.25, -0.2) is 4.68 Å². The number of ketones is 1. The van der Waals surface area contributed by atoms with Crippen LogP contribution in [0.1, 0.15) is 76.6 Å². The van der Waals surface area contributed by atoms with Crippen LogP contribution < -0.4 is 0 Å². The van der Waals surface area contributed by atoms with Crippen LogP contribution >= 0.6 is 0 Å². The Balaban J connectivity index is 1.24. The summed E-state index contributed by atoms with van der Waals surface area (Å²) in [4.78, 5) is 13.7. The van der Waals surface area contributed by atoms with Crippen molar-refractivity contribution >= 4 is 5.78 Å². The van der Waals surface area contributed by atoms with Gasteiger partial charge in [-0.15, -0.1) is 0 Å². The number of hydrogen-bond donors (Lipinski definition) is 1. The van der Waals surface area contributed by atoms with Crippen LogP contribution in [0.4, 0.5) is 0 Å². The number of rotatable bonds is 3. The van der Waals surface area contributed by atoms with Crippen LogP contribution in [0.2, 0.25) is 0 Å². The summed E-state index contributed by atoms with van der Waals surface area (Å²) in [5, 5.41) is 33.4. The van der Waals surface area contributed by atoms with Gasteiger partial charge in [0.05, 0.1) is 5.60 Å². The highest BCUT2D eigenvalue weighted by molar-refractivity contribution is 5.83. The normalized spacial score (nSPS) is 47.3. The maximum atomic E-state index is 13.7. The smallest absolute Gasteiger partial charge is 0.163 e. The summed E-state index contributed by atoms with van der Waals surface area (Å²) in [7, 11) is 0. The second-order valence-electron chi connectivity index (χ2n) is 12.4. The van der Waals surface area contributed by atoms with E-state index in [0.717, 1.165) is 43.4 Å². The fourth-order valence-electron chi connectivity index (χ4n) is 9.58. The van der Waals surface area contributed by atoms with Crippen molar-refractivity contribution < 1.29 is 9.90 Å². The first-order valence-corrected chi connectivity index (χ1v) is 12.9. The molecule has 0 saturated heterocycles. The van der Waals surface area contributed by atoms with Crippen molar-refractivity contribution in [3.63, 3.8) is 0 Å². The largest absolute Gasteiger partial charge is 0.390 e. The molecule has 0 spiro atoms. The van der Waals surface area contributed by atoms with Gasteiger partial charge < -0.3 is 5.11 Å². The average molecular weight is 447 g/mol. The zero-order valence-electron chi connectivity index (χ0n) is 19.7. The van der Waals surface area contributed by atoms with E-state index in [4.69, 9.17) is 5.26 Å². The van der Waals surface area contributed by atoms with Crippen molar-refractivity contribution in [1.29, 1.82) is 10.5 Å². The highest BCUT2D eigenvalue weighted by Gasteiger charge is 2.70. The highest BCUT2D eigenvalue weighted by Crippen LogP contribution is 2.74. The molecule has 1 aromatic rings. The number of nitriles is 2. The van der Waals surface area contributed by atoms with Gasteiger partial charge in [0.2, 0.25) is 0 Å². The minimum atomic E-state index is -0.482. The molecule has 1 aromatic heterocycles. The predicted octanol–water partition coefficient (Wildman–Crippen LogP) is 4.07. The van der Waals surface area contributed by atoms with Gasteiger partial charge in [0.1, 0.15) is 24.4 Å². The Bertz CT molecular complexity index is 1080. The summed E-state index contributed by atoms with van der Waals surface area (Å²) >= 11 is 0. The maximum absolute atomic E-state index is 13.7. The Morgan fingerprint density at radius 3 is 2.64 bits per heavy atom. The van der Waals surface area contributed by atoms with E-state index >= 15 is 0 Å². The van der Waals surface area contributed by atoms with E-state index in [9.17, 15) is 15.2 Å². The van der Waals surface area contributed by atoms with Crippen molar-refractivity contribution in [1.82, 2.24) is 9.78 Å². The number of carbonyl (C=O) groups excluding carboxylic acids is 1. The van der Waals surface area contributed by atoms with E-state index in [1.807, 2.05) is 13.0 Å². The average Bonchev–Trinajstić information content (AvgIpc) is 3.33. The predicted molar refractivity (Wildman–Crippen MR) is 120 cm³/mol. The molecule has 5 aliphatic rings. The van der Waals surface area contributed by atoms with Gasteiger partial charge in [0.15, 0.2) is 11.5 Å². The first kappa shape index (κ1) is 21.4. The molecule has 174 valence electrons. The zero-order valence-corrected chi connectivity index (χ0v) is 19.7. The summed E-state index contributed by atoms with van der Waals surface area (Å²) in [6.45, 7) is 4.51. The SMILES string of the molecule is C[C@@]1(O)CCC2[C@H](CC[C@H]3[C@@H]4[C@@H]5C[C@@H]5[C@H](C(=O)Cn5nc(C#N)cc5C#N)[C@@]4(C)CC[C@H]23)C1. The fourth-order valence-corrected chi connectivity index (χ4v) is 9.58. The van der Waals surface area contributed by atoms with E-state index in [0.29, 0.717) is 29.4 Å². The zero-order chi connectivity index (χ0) is 23.1. The standard InChI is InChI=1S/C27H34N4O2/c1-26(33)7-5-18-15(11-26)3-4-20-19(18)6-8-27(2)24(20)21-10-22(21)25(27)23(32)14-31-17(13-29)9-16(12-28)30-31/h9,15,18-22,24-25,33H,3-8,10-11,14H2,1-2H3/t15-,18?,19-,20-,21-,22+,24-,25-,26-,27+/m1/s1. The summed E-state index contributed by atoms with van der Waals surface area (Å²) in [6.07, 6.45) is 9.07. The molecule has 5 fully saturated rings. The lowest BCUT2D eigenvalue weighted by Crippen LogP contribution is -2.52. The second kappa shape index (κ2) is 7.16. The number of aromatic nitrogens is 2. The molecule has 5 saturated carbocycles. The Morgan fingerprint density at radius 1 is 1.09 bits per heavy atom. The molecule has 1 N–H and O–H groups in total. The quantitative estimate of drug-likeness (QED) is 0.754. The first-order chi connectivity index (χ1) is 15.8. The number of carbonyl (C=O) groups is 1. The van der Waals surface area contributed by atoms with Gasteiger partial charge >= 0.3 is 0 Å². The van der Waals surface area contributed by atoms with Crippen molar-refractivity contribution in [3.8, 4) is 12.1 Å². The molecule has 1 heterocycles. The van der Waals surface area contributed by atoms with E-state index < -0.39 is 5.60 Å². The van der Waals surface area contributed by atoms with E-state index in [1.54, 1.807) is 0 Å². The summed E-state index contributed by atoms with van der Waals surface area (Å²) in [6, 6.07) is 5.54. The minimum absolute atomic E-state index is 0.0524. The van der Waals surface area contributed by atoms with Crippen molar-refractivity contribution in [3.05, 3.63) is 17.5 Å². The number of aliphatic hydroxyl groups is 1. The second-order valence-corrected chi connectivity index (χ2v) is 12.4. The van der Waals surface area contributed by atoms with Crippen LogP contribution in [0.25, 0.3) is 0 Å². The fraction of sp³-hybridized carbons (Fsp3) is 0.778. The van der Waals surface area contributed by atoms with E-state index in [-0.39, 0.29) is 29.4 Å². The summed E-state index contributed by atoms with van der Waals surface area (Å²) in [5.74, 6) is 5.00. The molecular formula is C27H34N4O2. The number of hydrogen-bond acceptors (Lipinski definition) is 5. The van der Waals surface area contributed by atoms with Crippen LogP contribution in [-0.2, 0) is 11.3 Å². The van der Waals surface area contributed by atoms with Gasteiger partial charge in [-0.05, 0) is 105 Å². The Hall–Kier alpha value is -2.18. The topological polar surface area (TPSA) is 103 Å². The Labute approximate surface area is 196 Å². The lowest BCUT2D eigenvalue weighted by molar-refractivity contribution is -0.136. The lowest BCUT2D eigenvalue weighted by atomic mass is 9.48. The van der Waals surface area contributed by atoms with Crippen molar-refractivity contribution in [2.24, 2.45) is 52.8 Å². The molecule has 0 aliphatic heterocycles. The maximum Gasteiger partial charge on any atom is 0.163 e. The Morgan fingerprint density at radius 2 is 1.88 bits per heavy atom. The third-order valence-corrected chi connectivity index (χ3v) is 10.7. The monoisotopic (exact) mass is 446 g/mol. The molecule has 1 unspecified atom stereocenters. The van der Waals surface area contributed by atoms with Gasteiger partial charge in [-0.3, -0.25) is 4.79 Å². The lowest BCUT2D eigenvalue weighted by Gasteiger charge is -2.57. The molecule has 0 aromatic carbocycles. The molecule has 0 amide bonds. The molecule has 0 radical (unpaired) electrons. The van der Waals surface area contributed by atoms with E-state index in [1.165, 1.54) is 36.4 Å². The van der Waals surface area contributed by atoms with Crippen molar-refractivity contribution in [2.45, 2.75) is 77.4 Å². The van der Waals surface area contributed by atoms with Gasteiger partial charge in [-0.2, -0.15) is 15.6 Å². The third kappa shape index (κ3) is 3.13. The molecule has 6 heteroatoms. The number of nitrogens with zero attached hydrogens (tertiary/aromatic N) is 4. The van der Waals surface area contributed by atoms with Crippen LogP contribution in [0.15, 0.2) is 6.07 Å². The van der Waals surface area contributed by atoms with Crippen molar-refractivity contribution in [2.75, 3.05) is 0 Å². The summed E-state index contributed by atoms with van der Waals surface area (Å²) in [5.41, 5.74) is 0.0609. The third-order valence-electron chi connectivity index (χ3n) is 10.7. The highest BCUT2D eigenvalue weighted by atomic mass is 16.3. The molecule has 33 heavy (non-hydrogen) atoms. The van der Waals surface area contributed by atoms with Crippen LogP contribution in [0, 0.1) is 75.4 Å². The molecule has 5 aliphatic carbocycles. The first-order valence-electron chi connectivity index (χ1n) is 12.9. The minimum Gasteiger partial charge on any atom is -0.390 e. The van der Waals surface area contributed by atoms with Crippen LogP contribution in [-0.4, -0.2) is 26.3 Å².